The fraction of sp³-hybridized carbons (Fsp3) is 0.250. The molecular weight excluding hydrogens is 178 g/mol. The van der Waals surface area contributed by atoms with Crippen LogP contribution in [-0.2, 0) is 0 Å². The second kappa shape index (κ2) is 3.08. The van der Waals surface area contributed by atoms with E-state index in [2.05, 4.69) is 0 Å². The maximum absolute atomic E-state index is 13.2. The largest absolute Gasteiger partial charge is 0.503 e. The molecule has 1 aromatic rings. The Balaban J connectivity index is 3.44. The lowest BCUT2D eigenvalue weighted by atomic mass is 10.2. The summed E-state index contributed by atoms with van der Waals surface area (Å²) in [5.41, 5.74) is 5.30. The molecule has 0 aliphatic heterocycles. The summed E-state index contributed by atoms with van der Waals surface area (Å²) in [7, 11) is 3.10. The Hall–Kier alpha value is -1.52. The predicted octanol–water partition coefficient (Wildman–Crippen LogP) is 1.32. The van der Waals surface area contributed by atoms with E-state index in [-0.39, 0.29) is 11.4 Å². The van der Waals surface area contributed by atoms with Crippen molar-refractivity contribution in [3.63, 3.8) is 0 Å². The van der Waals surface area contributed by atoms with Gasteiger partial charge in [-0.2, -0.15) is 0 Å². The lowest BCUT2D eigenvalue weighted by Crippen LogP contribution is -2.13. The van der Waals surface area contributed by atoms with Crippen LogP contribution in [-0.4, -0.2) is 19.2 Å². The summed E-state index contributed by atoms with van der Waals surface area (Å²) >= 11 is 0. The van der Waals surface area contributed by atoms with Crippen molar-refractivity contribution in [1.29, 1.82) is 0 Å². The molecule has 0 spiro atoms. The number of nitrogens with two attached hydrogens (primary N) is 1. The normalized spacial score (nSPS) is 10.2. The van der Waals surface area contributed by atoms with Crippen molar-refractivity contribution in [2.24, 2.45) is 0 Å². The molecule has 0 atom stereocenters. The van der Waals surface area contributed by atoms with Crippen LogP contribution in [0.2, 0.25) is 0 Å². The van der Waals surface area contributed by atoms with Crippen LogP contribution in [0.5, 0.6) is 5.75 Å². The Labute approximate surface area is 74.4 Å². The van der Waals surface area contributed by atoms with Crippen molar-refractivity contribution in [2.75, 3.05) is 24.7 Å². The number of hydrogen-bond donors (Lipinski definition) is 2. The third-order valence-corrected chi connectivity index (χ3v) is 1.64. The van der Waals surface area contributed by atoms with Gasteiger partial charge in [0.2, 0.25) is 0 Å². The van der Waals surface area contributed by atoms with Gasteiger partial charge in [-0.3, -0.25) is 0 Å². The first-order valence-corrected chi connectivity index (χ1v) is 3.59. The number of nitrogen functional groups attached to an aromatic ring is 1. The van der Waals surface area contributed by atoms with Gasteiger partial charge >= 0.3 is 0 Å². The van der Waals surface area contributed by atoms with Crippen molar-refractivity contribution in [3.8, 4) is 5.75 Å². The average molecular weight is 188 g/mol. The fourth-order valence-electron chi connectivity index (χ4n) is 1.07. The topological polar surface area (TPSA) is 49.5 Å². The number of halogens is 2. The lowest BCUT2D eigenvalue weighted by molar-refractivity contribution is 0.397. The third-order valence-electron chi connectivity index (χ3n) is 1.64. The van der Waals surface area contributed by atoms with Gasteiger partial charge in [0, 0.05) is 20.2 Å². The summed E-state index contributed by atoms with van der Waals surface area (Å²) < 4.78 is 25.9. The average Bonchev–Trinajstić information content (AvgIpc) is 1.99. The second-order valence-corrected chi connectivity index (χ2v) is 2.85. The van der Waals surface area contributed by atoms with E-state index >= 15 is 0 Å². The zero-order chi connectivity index (χ0) is 10.2. The van der Waals surface area contributed by atoms with Gasteiger partial charge in [-0.1, -0.05) is 0 Å². The molecule has 72 valence electrons. The van der Waals surface area contributed by atoms with E-state index in [1.165, 1.54) is 4.90 Å². The van der Waals surface area contributed by atoms with Gasteiger partial charge in [-0.05, 0) is 0 Å². The van der Waals surface area contributed by atoms with E-state index in [0.717, 1.165) is 6.07 Å². The van der Waals surface area contributed by atoms with E-state index in [1.54, 1.807) is 14.1 Å². The molecule has 1 rings (SSSR count). The van der Waals surface area contributed by atoms with Crippen molar-refractivity contribution in [1.82, 2.24) is 0 Å². The molecule has 3 N–H and O–H groups in total. The van der Waals surface area contributed by atoms with Crippen LogP contribution in [0, 0.1) is 11.6 Å². The number of phenols is 1. The minimum absolute atomic E-state index is 0.0149. The number of rotatable bonds is 1. The highest BCUT2D eigenvalue weighted by atomic mass is 19.1. The van der Waals surface area contributed by atoms with E-state index in [9.17, 15) is 8.78 Å². The second-order valence-electron chi connectivity index (χ2n) is 2.85. The number of anilines is 2. The molecule has 0 aliphatic carbocycles. The van der Waals surface area contributed by atoms with Gasteiger partial charge in [-0.15, -0.1) is 0 Å². The van der Waals surface area contributed by atoms with E-state index in [1.807, 2.05) is 0 Å². The first-order valence-electron chi connectivity index (χ1n) is 3.59. The maximum atomic E-state index is 13.2. The Morgan fingerprint density at radius 2 is 1.92 bits per heavy atom. The molecule has 13 heavy (non-hydrogen) atoms. The van der Waals surface area contributed by atoms with Gasteiger partial charge < -0.3 is 15.7 Å². The highest BCUT2D eigenvalue weighted by molar-refractivity contribution is 5.70. The van der Waals surface area contributed by atoms with Gasteiger partial charge in [0.15, 0.2) is 17.4 Å². The minimum Gasteiger partial charge on any atom is -0.503 e. The van der Waals surface area contributed by atoms with Crippen LogP contribution in [0.1, 0.15) is 0 Å². The van der Waals surface area contributed by atoms with Crippen LogP contribution < -0.4 is 10.6 Å². The number of phenolic OH excluding ortho intramolecular Hbond substituents is 1. The van der Waals surface area contributed by atoms with Gasteiger partial charge in [-0.25, -0.2) is 8.78 Å². The molecule has 0 heterocycles. The first kappa shape index (κ1) is 9.57. The molecular formula is C8H10F2N2O. The molecule has 5 heteroatoms. The van der Waals surface area contributed by atoms with Gasteiger partial charge in [0.1, 0.15) is 0 Å². The Morgan fingerprint density at radius 3 is 2.38 bits per heavy atom. The smallest absolute Gasteiger partial charge is 0.193 e. The molecule has 0 bridgehead atoms. The molecule has 0 saturated carbocycles. The van der Waals surface area contributed by atoms with Crippen molar-refractivity contribution >= 4 is 11.4 Å². The van der Waals surface area contributed by atoms with Crippen molar-refractivity contribution < 1.29 is 13.9 Å². The Bertz CT molecular complexity index is 339. The zero-order valence-electron chi connectivity index (χ0n) is 7.31. The van der Waals surface area contributed by atoms with E-state index in [4.69, 9.17) is 10.8 Å². The zero-order valence-corrected chi connectivity index (χ0v) is 7.31. The summed E-state index contributed by atoms with van der Waals surface area (Å²) in [5, 5.41) is 8.93. The predicted molar refractivity (Wildman–Crippen MR) is 46.8 cm³/mol. The summed E-state index contributed by atoms with van der Waals surface area (Å²) in [4.78, 5) is 1.36. The van der Waals surface area contributed by atoms with Crippen LogP contribution in [0.15, 0.2) is 6.07 Å². The monoisotopic (exact) mass is 188 g/mol. The lowest BCUT2D eigenvalue weighted by Gasteiger charge is -2.16. The van der Waals surface area contributed by atoms with Crippen LogP contribution in [0.25, 0.3) is 0 Å². The highest BCUT2D eigenvalue weighted by Crippen LogP contribution is 2.33. The summed E-state index contributed by atoms with van der Waals surface area (Å²) in [6, 6.07) is 0.883. The van der Waals surface area contributed by atoms with Gasteiger partial charge in [0.05, 0.1) is 11.4 Å². The Kier molecular flexibility index (Phi) is 2.27. The van der Waals surface area contributed by atoms with Crippen LogP contribution >= 0.6 is 0 Å². The number of benzene rings is 1. The fourth-order valence-corrected chi connectivity index (χ4v) is 1.07. The standard InChI is InChI=1S/C8H10F2N2O/c1-12(2)7-5(11)3-4(9)8(13)6(7)10/h3,13H,11H2,1-2H3. The van der Waals surface area contributed by atoms with Crippen LogP contribution in [0.3, 0.4) is 0 Å². The Morgan fingerprint density at radius 1 is 1.38 bits per heavy atom. The molecule has 0 aliphatic rings. The molecule has 0 amide bonds. The minimum atomic E-state index is -1.06. The summed E-state index contributed by atoms with van der Waals surface area (Å²) in [6.45, 7) is 0. The SMILES string of the molecule is CN(C)c1c(N)cc(F)c(O)c1F. The highest BCUT2D eigenvalue weighted by Gasteiger charge is 2.17. The van der Waals surface area contributed by atoms with Crippen molar-refractivity contribution in [3.05, 3.63) is 17.7 Å². The molecule has 0 fully saturated rings. The molecule has 0 saturated heterocycles. The maximum Gasteiger partial charge on any atom is 0.193 e. The number of nitrogens with zero attached hydrogens (tertiary/aromatic N) is 1. The number of hydrogen-bond acceptors (Lipinski definition) is 3. The summed E-state index contributed by atoms with van der Waals surface area (Å²) in [5.74, 6) is -3.10. The quantitative estimate of drug-likeness (QED) is 0.516. The molecule has 1 aromatic carbocycles. The third kappa shape index (κ3) is 1.49. The van der Waals surface area contributed by atoms with E-state index < -0.39 is 17.4 Å². The number of aromatic hydroxyl groups is 1. The molecule has 0 unspecified atom stereocenters. The van der Waals surface area contributed by atoms with Crippen LogP contribution in [0.4, 0.5) is 20.2 Å². The van der Waals surface area contributed by atoms with E-state index in [0.29, 0.717) is 0 Å². The molecule has 0 radical (unpaired) electrons. The molecule has 0 aromatic heterocycles. The van der Waals surface area contributed by atoms with Gasteiger partial charge in [0.25, 0.3) is 0 Å². The summed E-state index contributed by atoms with van der Waals surface area (Å²) in [6.07, 6.45) is 0. The first-order chi connectivity index (χ1) is 5.95. The molecule has 3 nitrogen and oxygen atoms in total. The van der Waals surface area contributed by atoms with Crippen molar-refractivity contribution in [2.45, 2.75) is 0 Å².